The lowest BCUT2D eigenvalue weighted by molar-refractivity contribution is 0.607. The molecule has 1 heteroatoms. The zero-order valence-corrected chi connectivity index (χ0v) is 11.9. The first-order valence-corrected chi connectivity index (χ1v) is 7.01. The van der Waals surface area contributed by atoms with E-state index in [0.29, 0.717) is 0 Å². The first kappa shape index (κ1) is 13.8. The topological polar surface area (TPSA) is 26.0 Å². The maximum Gasteiger partial charge on any atom is 0.00826 e. The number of hydrogen-bond acceptors (Lipinski definition) is 1. The molecule has 2 N–H and O–H groups in total. The number of aryl methyl sites for hydroxylation is 3. The maximum atomic E-state index is 6.29. The van der Waals surface area contributed by atoms with Gasteiger partial charge in [-0.3, -0.25) is 0 Å². The molecule has 2 aromatic carbocycles. The molecule has 0 aromatic heterocycles. The maximum absolute atomic E-state index is 6.29. The van der Waals surface area contributed by atoms with Crippen LogP contribution in [0.5, 0.6) is 0 Å². The van der Waals surface area contributed by atoms with Gasteiger partial charge in [-0.25, -0.2) is 0 Å². The Labute approximate surface area is 116 Å². The average molecular weight is 253 g/mol. The largest absolute Gasteiger partial charge is 0.327 e. The van der Waals surface area contributed by atoms with Gasteiger partial charge < -0.3 is 5.73 Å². The number of nitrogens with two attached hydrogens (primary N) is 1. The molecule has 100 valence electrons. The van der Waals surface area contributed by atoms with E-state index in [9.17, 15) is 0 Å². The van der Waals surface area contributed by atoms with Gasteiger partial charge in [-0.15, -0.1) is 0 Å². The van der Waals surface area contributed by atoms with E-state index in [1.165, 1.54) is 22.3 Å². The van der Waals surface area contributed by atoms with Gasteiger partial charge in [-0.05, 0) is 55.4 Å². The summed E-state index contributed by atoms with van der Waals surface area (Å²) in [5, 5.41) is 0. The number of benzene rings is 2. The summed E-state index contributed by atoms with van der Waals surface area (Å²) in [6.45, 7) is 4.35. The zero-order chi connectivity index (χ0) is 13.7. The van der Waals surface area contributed by atoms with Crippen LogP contribution in [0.15, 0.2) is 48.5 Å². The van der Waals surface area contributed by atoms with Crippen molar-refractivity contribution in [2.75, 3.05) is 0 Å². The van der Waals surface area contributed by atoms with Crippen LogP contribution in [0.3, 0.4) is 0 Å². The Morgan fingerprint density at radius 2 is 1.53 bits per heavy atom. The molecule has 0 amide bonds. The molecule has 0 aliphatic carbocycles. The summed E-state index contributed by atoms with van der Waals surface area (Å²) in [7, 11) is 0. The predicted molar refractivity (Wildman–Crippen MR) is 82.4 cm³/mol. The smallest absolute Gasteiger partial charge is 0.00826 e. The van der Waals surface area contributed by atoms with Crippen molar-refractivity contribution in [2.24, 2.45) is 5.73 Å². The van der Waals surface area contributed by atoms with E-state index in [1.807, 2.05) is 0 Å². The molecule has 0 aliphatic rings. The SMILES string of the molecule is Cc1cccc(C)c1CC(N)CCc1ccccc1. The Balaban J connectivity index is 1.93. The lowest BCUT2D eigenvalue weighted by Crippen LogP contribution is -2.24. The van der Waals surface area contributed by atoms with Gasteiger partial charge in [0.1, 0.15) is 0 Å². The van der Waals surface area contributed by atoms with Crippen LogP contribution in [0.2, 0.25) is 0 Å². The van der Waals surface area contributed by atoms with Crippen molar-refractivity contribution in [1.29, 1.82) is 0 Å². The molecule has 2 rings (SSSR count). The highest BCUT2D eigenvalue weighted by Crippen LogP contribution is 2.16. The van der Waals surface area contributed by atoms with Gasteiger partial charge in [0.05, 0.1) is 0 Å². The lowest BCUT2D eigenvalue weighted by Gasteiger charge is -2.15. The molecular weight excluding hydrogens is 230 g/mol. The van der Waals surface area contributed by atoms with Gasteiger partial charge >= 0.3 is 0 Å². The Hall–Kier alpha value is -1.60. The molecule has 0 bridgehead atoms. The van der Waals surface area contributed by atoms with E-state index in [0.717, 1.165) is 19.3 Å². The minimum Gasteiger partial charge on any atom is -0.327 e. The minimum absolute atomic E-state index is 0.236. The summed E-state index contributed by atoms with van der Waals surface area (Å²) in [4.78, 5) is 0. The van der Waals surface area contributed by atoms with Crippen molar-refractivity contribution >= 4 is 0 Å². The van der Waals surface area contributed by atoms with Crippen LogP contribution in [-0.4, -0.2) is 6.04 Å². The summed E-state index contributed by atoms with van der Waals surface area (Å²) in [5.74, 6) is 0. The second-order valence-corrected chi connectivity index (χ2v) is 5.36. The van der Waals surface area contributed by atoms with Crippen molar-refractivity contribution < 1.29 is 0 Å². The van der Waals surface area contributed by atoms with E-state index in [4.69, 9.17) is 5.73 Å². The second kappa shape index (κ2) is 6.53. The molecule has 1 unspecified atom stereocenters. The quantitative estimate of drug-likeness (QED) is 0.861. The fraction of sp³-hybridized carbons (Fsp3) is 0.333. The monoisotopic (exact) mass is 253 g/mol. The van der Waals surface area contributed by atoms with Crippen molar-refractivity contribution in [3.8, 4) is 0 Å². The molecule has 0 spiro atoms. The third-order valence-corrected chi connectivity index (χ3v) is 3.76. The van der Waals surface area contributed by atoms with Crippen LogP contribution in [0, 0.1) is 13.8 Å². The zero-order valence-electron chi connectivity index (χ0n) is 11.9. The summed E-state index contributed by atoms with van der Waals surface area (Å²) in [6, 6.07) is 17.3. The minimum atomic E-state index is 0.236. The van der Waals surface area contributed by atoms with Crippen molar-refractivity contribution in [3.05, 3.63) is 70.8 Å². The molecule has 0 heterocycles. The van der Waals surface area contributed by atoms with E-state index in [2.05, 4.69) is 62.4 Å². The van der Waals surface area contributed by atoms with Crippen molar-refractivity contribution in [3.63, 3.8) is 0 Å². The average Bonchev–Trinajstić information content (AvgIpc) is 2.42. The molecule has 0 saturated heterocycles. The molecular formula is C18H23N. The van der Waals surface area contributed by atoms with Gasteiger partial charge in [0.15, 0.2) is 0 Å². The highest BCUT2D eigenvalue weighted by atomic mass is 14.6. The van der Waals surface area contributed by atoms with Gasteiger partial charge in [0.25, 0.3) is 0 Å². The Morgan fingerprint density at radius 3 is 2.16 bits per heavy atom. The summed E-state index contributed by atoms with van der Waals surface area (Å²) < 4.78 is 0. The van der Waals surface area contributed by atoms with Crippen LogP contribution in [0.1, 0.15) is 28.7 Å². The Kier molecular flexibility index (Phi) is 4.75. The summed E-state index contributed by atoms with van der Waals surface area (Å²) in [5.41, 5.74) is 11.8. The predicted octanol–water partition coefficient (Wildman–Crippen LogP) is 3.81. The third kappa shape index (κ3) is 3.93. The molecule has 0 fully saturated rings. The molecule has 19 heavy (non-hydrogen) atoms. The highest BCUT2D eigenvalue weighted by molar-refractivity contribution is 5.34. The Bertz CT molecular complexity index is 496. The highest BCUT2D eigenvalue weighted by Gasteiger charge is 2.08. The van der Waals surface area contributed by atoms with Crippen molar-refractivity contribution in [1.82, 2.24) is 0 Å². The molecule has 2 aromatic rings. The van der Waals surface area contributed by atoms with Gasteiger partial charge in [0.2, 0.25) is 0 Å². The number of hydrogen-bond donors (Lipinski definition) is 1. The molecule has 0 aliphatic heterocycles. The fourth-order valence-electron chi connectivity index (χ4n) is 2.53. The number of rotatable bonds is 5. The van der Waals surface area contributed by atoms with Gasteiger partial charge in [-0.1, -0.05) is 48.5 Å². The van der Waals surface area contributed by atoms with E-state index < -0.39 is 0 Å². The van der Waals surface area contributed by atoms with Crippen molar-refractivity contribution in [2.45, 2.75) is 39.2 Å². The normalized spacial score (nSPS) is 12.4. The van der Waals surface area contributed by atoms with Gasteiger partial charge in [-0.2, -0.15) is 0 Å². The third-order valence-electron chi connectivity index (χ3n) is 3.76. The first-order valence-electron chi connectivity index (χ1n) is 7.01. The van der Waals surface area contributed by atoms with Gasteiger partial charge in [0, 0.05) is 6.04 Å². The van der Waals surface area contributed by atoms with E-state index in [1.54, 1.807) is 0 Å². The summed E-state index contributed by atoms with van der Waals surface area (Å²) >= 11 is 0. The molecule has 0 radical (unpaired) electrons. The second-order valence-electron chi connectivity index (χ2n) is 5.36. The molecule has 0 saturated carbocycles. The molecule has 1 atom stereocenters. The summed E-state index contributed by atoms with van der Waals surface area (Å²) in [6.07, 6.45) is 3.08. The van der Waals surface area contributed by atoms with E-state index >= 15 is 0 Å². The Morgan fingerprint density at radius 1 is 0.895 bits per heavy atom. The fourth-order valence-corrected chi connectivity index (χ4v) is 2.53. The van der Waals surface area contributed by atoms with Crippen LogP contribution >= 0.6 is 0 Å². The van der Waals surface area contributed by atoms with Crippen LogP contribution in [0.25, 0.3) is 0 Å². The molecule has 1 nitrogen and oxygen atoms in total. The lowest BCUT2D eigenvalue weighted by atomic mass is 9.94. The van der Waals surface area contributed by atoms with Crippen LogP contribution < -0.4 is 5.73 Å². The standard InChI is InChI=1S/C18H23N/c1-14-7-6-8-15(2)18(14)13-17(19)12-11-16-9-4-3-5-10-16/h3-10,17H,11-13,19H2,1-2H3. The van der Waals surface area contributed by atoms with Crippen LogP contribution in [-0.2, 0) is 12.8 Å². The first-order chi connectivity index (χ1) is 9.16. The van der Waals surface area contributed by atoms with E-state index in [-0.39, 0.29) is 6.04 Å². The van der Waals surface area contributed by atoms with Crippen LogP contribution in [0.4, 0.5) is 0 Å².